The summed E-state index contributed by atoms with van der Waals surface area (Å²) in [5.41, 5.74) is 3.58. The van der Waals surface area contributed by atoms with Crippen LogP contribution in [0.5, 0.6) is 5.75 Å². The first-order chi connectivity index (χ1) is 13.4. The fraction of sp³-hybridized carbons (Fsp3) is 0.455. The van der Waals surface area contributed by atoms with Crippen molar-refractivity contribution in [2.24, 2.45) is 0 Å². The average molecular weight is 383 g/mol. The number of nitrogens with one attached hydrogen (secondary N) is 2. The van der Waals surface area contributed by atoms with Crippen LogP contribution < -0.4 is 10.1 Å². The van der Waals surface area contributed by atoms with Crippen LogP contribution in [-0.4, -0.2) is 48.3 Å². The number of ether oxygens (including phenoxy) is 1. The Kier molecular flexibility index (Phi) is 6.19. The number of aromatic nitrogens is 1. The molecule has 1 fully saturated rings. The van der Waals surface area contributed by atoms with E-state index in [4.69, 9.17) is 4.74 Å². The molecule has 1 amide bonds. The zero-order valence-electron chi connectivity index (χ0n) is 17.1. The number of likely N-dealkylation sites (tertiary alicyclic amines) is 1. The van der Waals surface area contributed by atoms with E-state index in [1.165, 1.54) is 6.92 Å². The van der Waals surface area contributed by atoms with E-state index >= 15 is 0 Å². The summed E-state index contributed by atoms with van der Waals surface area (Å²) in [4.78, 5) is 30.2. The van der Waals surface area contributed by atoms with E-state index in [9.17, 15) is 9.59 Å². The number of rotatable bonds is 7. The number of carbonyl (C=O) groups is 2. The van der Waals surface area contributed by atoms with Crippen molar-refractivity contribution in [3.05, 3.63) is 52.3 Å². The van der Waals surface area contributed by atoms with Crippen molar-refractivity contribution in [1.29, 1.82) is 0 Å². The number of carbonyl (C=O) groups excluding carboxylic acids is 2. The highest BCUT2D eigenvalue weighted by molar-refractivity contribution is 6.02. The highest BCUT2D eigenvalue weighted by Crippen LogP contribution is 2.31. The molecule has 0 spiro atoms. The maximum Gasteiger partial charge on any atom is 0.268 e. The maximum atomic E-state index is 12.9. The number of H-pyrrole nitrogens is 1. The smallest absolute Gasteiger partial charge is 0.268 e. The van der Waals surface area contributed by atoms with Crippen molar-refractivity contribution in [1.82, 2.24) is 15.2 Å². The monoisotopic (exact) mass is 383 g/mol. The third-order valence-electron chi connectivity index (χ3n) is 5.55. The van der Waals surface area contributed by atoms with Gasteiger partial charge in [0.05, 0.1) is 13.2 Å². The van der Waals surface area contributed by atoms with Gasteiger partial charge < -0.3 is 15.0 Å². The Morgan fingerprint density at radius 2 is 1.89 bits per heavy atom. The molecule has 0 unspecified atom stereocenters. The number of nitrogens with zero attached hydrogens (tertiary/aromatic N) is 1. The zero-order chi connectivity index (χ0) is 20.3. The molecule has 6 nitrogen and oxygen atoms in total. The van der Waals surface area contributed by atoms with Crippen LogP contribution in [0, 0.1) is 13.8 Å². The third-order valence-corrected chi connectivity index (χ3v) is 5.55. The van der Waals surface area contributed by atoms with Crippen molar-refractivity contribution >= 4 is 11.7 Å². The summed E-state index contributed by atoms with van der Waals surface area (Å²) in [6, 6.07) is 8.02. The SMILES string of the molecule is COc1ccccc1[C@H](CNC(=O)c1[nH]c(C)c(C(C)=O)c1C)N1CCCC1. The lowest BCUT2D eigenvalue weighted by atomic mass is 10.0. The Morgan fingerprint density at radius 3 is 2.50 bits per heavy atom. The van der Waals surface area contributed by atoms with Crippen molar-refractivity contribution in [3.8, 4) is 5.75 Å². The lowest BCUT2D eigenvalue weighted by Gasteiger charge is -2.29. The quantitative estimate of drug-likeness (QED) is 0.719. The summed E-state index contributed by atoms with van der Waals surface area (Å²) in [6.07, 6.45) is 2.33. The molecular formula is C22H29N3O3. The van der Waals surface area contributed by atoms with Gasteiger partial charge in [-0.3, -0.25) is 14.5 Å². The minimum absolute atomic E-state index is 0.0331. The van der Waals surface area contributed by atoms with Crippen LogP contribution in [0.15, 0.2) is 24.3 Å². The fourth-order valence-electron chi connectivity index (χ4n) is 4.21. The fourth-order valence-corrected chi connectivity index (χ4v) is 4.21. The molecule has 0 radical (unpaired) electrons. The van der Waals surface area contributed by atoms with Gasteiger partial charge in [0.2, 0.25) is 0 Å². The van der Waals surface area contributed by atoms with Gasteiger partial charge in [-0.1, -0.05) is 18.2 Å². The van der Waals surface area contributed by atoms with Gasteiger partial charge in [0.15, 0.2) is 5.78 Å². The van der Waals surface area contributed by atoms with Gasteiger partial charge in [-0.25, -0.2) is 0 Å². The molecule has 150 valence electrons. The molecule has 1 saturated heterocycles. The molecule has 2 N–H and O–H groups in total. The van der Waals surface area contributed by atoms with Gasteiger partial charge in [0.1, 0.15) is 11.4 Å². The number of aryl methyl sites for hydroxylation is 1. The molecule has 2 heterocycles. The zero-order valence-corrected chi connectivity index (χ0v) is 17.1. The lowest BCUT2D eigenvalue weighted by molar-refractivity contribution is 0.0932. The topological polar surface area (TPSA) is 74.4 Å². The molecule has 1 aliphatic rings. The van der Waals surface area contributed by atoms with Crippen LogP contribution in [-0.2, 0) is 0 Å². The van der Waals surface area contributed by atoms with Gasteiger partial charge >= 0.3 is 0 Å². The molecule has 1 aromatic carbocycles. The van der Waals surface area contributed by atoms with E-state index in [1.54, 1.807) is 7.11 Å². The maximum absolute atomic E-state index is 12.9. The Bertz CT molecular complexity index is 866. The van der Waals surface area contributed by atoms with Crippen molar-refractivity contribution in [3.63, 3.8) is 0 Å². The summed E-state index contributed by atoms with van der Waals surface area (Å²) in [5, 5.41) is 3.07. The van der Waals surface area contributed by atoms with Gasteiger partial charge in [-0.2, -0.15) is 0 Å². The Morgan fingerprint density at radius 1 is 1.21 bits per heavy atom. The summed E-state index contributed by atoms with van der Waals surface area (Å²) in [7, 11) is 1.67. The molecule has 0 aliphatic carbocycles. The molecule has 1 atom stereocenters. The molecule has 0 saturated carbocycles. The predicted octanol–water partition coefficient (Wildman–Crippen LogP) is 3.41. The number of Topliss-reactive ketones (excluding diaryl/α,β-unsaturated/α-hetero) is 1. The standard InChI is InChI=1S/C22H29N3O3/c1-14-20(16(3)26)15(2)24-21(14)22(27)23-13-18(25-11-7-8-12-25)17-9-5-6-10-19(17)28-4/h5-6,9-10,18,24H,7-8,11-13H2,1-4H3,(H,23,27)/t18-/m0/s1. The van der Waals surface area contributed by atoms with Crippen LogP contribution in [0.3, 0.4) is 0 Å². The number of hydrogen-bond acceptors (Lipinski definition) is 4. The minimum Gasteiger partial charge on any atom is -0.496 e. The van der Waals surface area contributed by atoms with E-state index in [0.29, 0.717) is 23.4 Å². The molecule has 1 aromatic heterocycles. The van der Waals surface area contributed by atoms with Gasteiger partial charge in [-0.05, 0) is 58.3 Å². The highest BCUT2D eigenvalue weighted by Gasteiger charge is 2.27. The van der Waals surface area contributed by atoms with Crippen LogP contribution in [0.1, 0.15) is 63.5 Å². The second kappa shape index (κ2) is 8.61. The second-order valence-corrected chi connectivity index (χ2v) is 7.39. The number of methoxy groups -OCH3 is 1. The Labute approximate surface area is 166 Å². The molecule has 2 aromatic rings. The van der Waals surface area contributed by atoms with E-state index < -0.39 is 0 Å². The van der Waals surface area contributed by atoms with E-state index in [-0.39, 0.29) is 17.7 Å². The molecule has 0 bridgehead atoms. The van der Waals surface area contributed by atoms with Crippen molar-refractivity contribution in [2.75, 3.05) is 26.7 Å². The van der Waals surface area contributed by atoms with Crippen LogP contribution >= 0.6 is 0 Å². The van der Waals surface area contributed by atoms with Crippen molar-refractivity contribution < 1.29 is 14.3 Å². The first kappa shape index (κ1) is 20.1. The molecule has 3 rings (SSSR count). The summed E-state index contributed by atoms with van der Waals surface area (Å²) >= 11 is 0. The van der Waals surface area contributed by atoms with E-state index in [2.05, 4.69) is 21.3 Å². The summed E-state index contributed by atoms with van der Waals surface area (Å²) < 4.78 is 5.56. The lowest BCUT2D eigenvalue weighted by Crippen LogP contribution is -2.37. The highest BCUT2D eigenvalue weighted by atomic mass is 16.5. The number of ketones is 1. The molecular weight excluding hydrogens is 354 g/mol. The van der Waals surface area contributed by atoms with Crippen molar-refractivity contribution in [2.45, 2.75) is 39.7 Å². The molecule has 1 aliphatic heterocycles. The molecule has 28 heavy (non-hydrogen) atoms. The van der Waals surface area contributed by atoms with Crippen LogP contribution in [0.25, 0.3) is 0 Å². The normalized spacial score (nSPS) is 15.4. The number of amides is 1. The minimum atomic E-state index is -0.188. The first-order valence-corrected chi connectivity index (χ1v) is 9.79. The largest absolute Gasteiger partial charge is 0.496 e. The molecule has 6 heteroatoms. The van der Waals surface area contributed by atoms with Crippen LogP contribution in [0.2, 0.25) is 0 Å². The summed E-state index contributed by atoms with van der Waals surface area (Å²) in [5.74, 6) is 0.612. The Hall–Kier alpha value is -2.60. The van der Waals surface area contributed by atoms with Gasteiger partial charge in [-0.15, -0.1) is 0 Å². The summed E-state index contributed by atoms with van der Waals surface area (Å²) in [6.45, 7) is 7.65. The average Bonchev–Trinajstić information content (AvgIpc) is 3.30. The van der Waals surface area contributed by atoms with E-state index in [1.807, 2.05) is 32.0 Å². The number of hydrogen-bond donors (Lipinski definition) is 2. The van der Waals surface area contributed by atoms with Gasteiger partial charge in [0.25, 0.3) is 5.91 Å². The predicted molar refractivity (Wildman–Crippen MR) is 109 cm³/mol. The Balaban J connectivity index is 1.82. The number of benzene rings is 1. The third kappa shape index (κ3) is 3.97. The van der Waals surface area contributed by atoms with Gasteiger partial charge in [0, 0.05) is 23.4 Å². The second-order valence-electron chi connectivity index (χ2n) is 7.39. The van der Waals surface area contributed by atoms with Crippen LogP contribution in [0.4, 0.5) is 0 Å². The van der Waals surface area contributed by atoms with E-state index in [0.717, 1.165) is 42.9 Å². The number of aromatic amines is 1. The number of para-hydroxylation sites is 1. The first-order valence-electron chi connectivity index (χ1n) is 9.79.